The number of rotatable bonds is 2. The summed E-state index contributed by atoms with van der Waals surface area (Å²) < 4.78 is 0. The summed E-state index contributed by atoms with van der Waals surface area (Å²) in [6, 6.07) is 6.04. The molecule has 1 heterocycles. The Labute approximate surface area is 108 Å². The fourth-order valence-electron chi connectivity index (χ4n) is 1.98. The molecule has 0 aliphatic rings. The highest BCUT2D eigenvalue weighted by Crippen LogP contribution is 2.26. The third kappa shape index (κ3) is 2.27. The Morgan fingerprint density at radius 2 is 1.78 bits per heavy atom. The maximum absolute atomic E-state index is 5.83. The zero-order chi connectivity index (χ0) is 13.3. The van der Waals surface area contributed by atoms with Gasteiger partial charge < -0.3 is 5.73 Å². The van der Waals surface area contributed by atoms with E-state index in [1.807, 2.05) is 13.0 Å². The van der Waals surface area contributed by atoms with Crippen molar-refractivity contribution in [3.05, 3.63) is 46.9 Å². The van der Waals surface area contributed by atoms with Gasteiger partial charge in [-0.05, 0) is 50.5 Å². The Bertz CT molecular complexity index is 574. The van der Waals surface area contributed by atoms with Gasteiger partial charge >= 0.3 is 0 Å². The van der Waals surface area contributed by atoms with Crippen molar-refractivity contribution in [2.24, 2.45) is 5.73 Å². The molecule has 0 bridgehead atoms. The Balaban J connectivity index is 2.55. The third-order valence-electron chi connectivity index (χ3n) is 3.42. The molecule has 0 saturated carbocycles. The molecule has 3 heteroatoms. The summed E-state index contributed by atoms with van der Waals surface area (Å²) in [6.45, 7) is 8.29. The first-order chi connectivity index (χ1) is 8.50. The SMILES string of the molecule is Cc1ccc(-c2ccnc(C(C)N)n2)c(C)c1C. The van der Waals surface area contributed by atoms with Crippen molar-refractivity contribution >= 4 is 0 Å². The molecule has 0 spiro atoms. The van der Waals surface area contributed by atoms with Crippen LogP contribution in [0.2, 0.25) is 0 Å². The molecule has 0 aliphatic heterocycles. The predicted molar refractivity (Wildman–Crippen MR) is 74.3 cm³/mol. The number of hydrogen-bond acceptors (Lipinski definition) is 3. The Kier molecular flexibility index (Phi) is 3.43. The van der Waals surface area contributed by atoms with Gasteiger partial charge in [0.15, 0.2) is 0 Å². The smallest absolute Gasteiger partial charge is 0.145 e. The predicted octanol–water partition coefficient (Wildman–Crippen LogP) is 3.09. The van der Waals surface area contributed by atoms with Crippen molar-refractivity contribution in [3.8, 4) is 11.3 Å². The molecule has 1 aromatic carbocycles. The molecule has 94 valence electrons. The van der Waals surface area contributed by atoms with E-state index in [0.717, 1.165) is 11.3 Å². The van der Waals surface area contributed by atoms with Crippen LogP contribution in [-0.2, 0) is 0 Å². The summed E-state index contributed by atoms with van der Waals surface area (Å²) in [7, 11) is 0. The van der Waals surface area contributed by atoms with Crippen LogP contribution in [0.15, 0.2) is 24.4 Å². The first-order valence-corrected chi connectivity index (χ1v) is 6.16. The van der Waals surface area contributed by atoms with Gasteiger partial charge in [0, 0.05) is 11.8 Å². The van der Waals surface area contributed by atoms with Gasteiger partial charge in [0.25, 0.3) is 0 Å². The van der Waals surface area contributed by atoms with Gasteiger partial charge in [-0.3, -0.25) is 0 Å². The van der Waals surface area contributed by atoms with Gasteiger partial charge in [-0.25, -0.2) is 9.97 Å². The van der Waals surface area contributed by atoms with Crippen LogP contribution >= 0.6 is 0 Å². The van der Waals surface area contributed by atoms with Crippen LogP contribution in [0.3, 0.4) is 0 Å². The zero-order valence-corrected chi connectivity index (χ0v) is 11.4. The molecule has 2 aromatic rings. The first-order valence-electron chi connectivity index (χ1n) is 6.16. The van der Waals surface area contributed by atoms with Crippen LogP contribution in [0.4, 0.5) is 0 Å². The van der Waals surface area contributed by atoms with E-state index < -0.39 is 0 Å². The maximum atomic E-state index is 5.83. The van der Waals surface area contributed by atoms with Crippen molar-refractivity contribution in [1.82, 2.24) is 9.97 Å². The van der Waals surface area contributed by atoms with E-state index in [2.05, 4.69) is 42.9 Å². The molecule has 2 N–H and O–H groups in total. The van der Waals surface area contributed by atoms with Gasteiger partial charge in [-0.15, -0.1) is 0 Å². The monoisotopic (exact) mass is 241 g/mol. The number of hydrogen-bond donors (Lipinski definition) is 1. The standard InChI is InChI=1S/C15H19N3/c1-9-5-6-13(11(3)10(9)2)14-7-8-17-15(18-14)12(4)16/h5-8,12H,16H2,1-4H3. The highest BCUT2D eigenvalue weighted by atomic mass is 14.9. The number of nitrogens with zero attached hydrogens (tertiary/aromatic N) is 2. The molecule has 18 heavy (non-hydrogen) atoms. The van der Waals surface area contributed by atoms with Crippen molar-refractivity contribution in [1.29, 1.82) is 0 Å². The molecular weight excluding hydrogens is 222 g/mol. The number of benzene rings is 1. The lowest BCUT2D eigenvalue weighted by Crippen LogP contribution is -2.10. The third-order valence-corrected chi connectivity index (χ3v) is 3.42. The Morgan fingerprint density at radius 3 is 2.44 bits per heavy atom. The summed E-state index contributed by atoms with van der Waals surface area (Å²) in [5.74, 6) is 0.685. The van der Waals surface area contributed by atoms with E-state index >= 15 is 0 Å². The largest absolute Gasteiger partial charge is 0.322 e. The molecule has 0 fully saturated rings. The van der Waals surface area contributed by atoms with E-state index in [0.29, 0.717) is 5.82 Å². The van der Waals surface area contributed by atoms with Gasteiger partial charge in [0.2, 0.25) is 0 Å². The molecular formula is C15H19N3. The Morgan fingerprint density at radius 1 is 1.06 bits per heavy atom. The van der Waals surface area contributed by atoms with Crippen LogP contribution < -0.4 is 5.73 Å². The van der Waals surface area contributed by atoms with Gasteiger partial charge in [0.1, 0.15) is 5.82 Å². The fourth-order valence-corrected chi connectivity index (χ4v) is 1.98. The molecule has 0 radical (unpaired) electrons. The molecule has 1 aromatic heterocycles. The molecule has 1 unspecified atom stereocenters. The van der Waals surface area contributed by atoms with Crippen molar-refractivity contribution in [2.45, 2.75) is 33.7 Å². The second-order valence-corrected chi connectivity index (χ2v) is 4.77. The lowest BCUT2D eigenvalue weighted by atomic mass is 9.97. The van der Waals surface area contributed by atoms with Crippen LogP contribution in [0.1, 0.15) is 35.5 Å². The number of nitrogens with two attached hydrogens (primary N) is 1. The summed E-state index contributed by atoms with van der Waals surface area (Å²) in [5, 5.41) is 0. The average molecular weight is 241 g/mol. The summed E-state index contributed by atoms with van der Waals surface area (Å²) in [6.07, 6.45) is 1.77. The molecule has 1 atom stereocenters. The number of aryl methyl sites for hydroxylation is 1. The summed E-state index contributed by atoms with van der Waals surface area (Å²) >= 11 is 0. The second-order valence-electron chi connectivity index (χ2n) is 4.77. The Hall–Kier alpha value is -1.74. The van der Waals surface area contributed by atoms with E-state index in [9.17, 15) is 0 Å². The maximum Gasteiger partial charge on any atom is 0.145 e. The minimum absolute atomic E-state index is 0.142. The zero-order valence-electron chi connectivity index (χ0n) is 11.4. The second kappa shape index (κ2) is 4.86. The topological polar surface area (TPSA) is 51.8 Å². The average Bonchev–Trinajstić information content (AvgIpc) is 2.36. The van der Waals surface area contributed by atoms with Crippen LogP contribution in [0, 0.1) is 20.8 Å². The molecule has 2 rings (SSSR count). The van der Waals surface area contributed by atoms with E-state index in [1.165, 1.54) is 16.7 Å². The van der Waals surface area contributed by atoms with Gasteiger partial charge in [0.05, 0.1) is 11.7 Å². The lowest BCUT2D eigenvalue weighted by Gasteiger charge is -2.12. The van der Waals surface area contributed by atoms with Crippen molar-refractivity contribution < 1.29 is 0 Å². The van der Waals surface area contributed by atoms with Crippen molar-refractivity contribution in [3.63, 3.8) is 0 Å². The molecule has 0 aliphatic carbocycles. The molecule has 0 amide bonds. The van der Waals surface area contributed by atoms with Gasteiger partial charge in [-0.2, -0.15) is 0 Å². The van der Waals surface area contributed by atoms with Crippen molar-refractivity contribution in [2.75, 3.05) is 0 Å². The normalized spacial score (nSPS) is 12.5. The lowest BCUT2D eigenvalue weighted by molar-refractivity contribution is 0.740. The quantitative estimate of drug-likeness (QED) is 0.879. The molecule has 3 nitrogen and oxygen atoms in total. The highest BCUT2D eigenvalue weighted by molar-refractivity contribution is 5.65. The highest BCUT2D eigenvalue weighted by Gasteiger charge is 2.09. The van der Waals surface area contributed by atoms with Crippen LogP contribution in [-0.4, -0.2) is 9.97 Å². The minimum Gasteiger partial charge on any atom is -0.322 e. The van der Waals surface area contributed by atoms with E-state index in [1.54, 1.807) is 6.20 Å². The summed E-state index contributed by atoms with van der Waals surface area (Å²) in [4.78, 5) is 8.74. The van der Waals surface area contributed by atoms with Crippen LogP contribution in [0.5, 0.6) is 0 Å². The summed E-state index contributed by atoms with van der Waals surface area (Å²) in [5.41, 5.74) is 11.8. The first kappa shape index (κ1) is 12.7. The van der Waals surface area contributed by atoms with Gasteiger partial charge in [-0.1, -0.05) is 12.1 Å². The van der Waals surface area contributed by atoms with E-state index in [-0.39, 0.29) is 6.04 Å². The van der Waals surface area contributed by atoms with E-state index in [4.69, 9.17) is 5.73 Å². The minimum atomic E-state index is -0.142. The fraction of sp³-hybridized carbons (Fsp3) is 0.333. The number of aromatic nitrogens is 2. The van der Waals surface area contributed by atoms with Crippen LogP contribution in [0.25, 0.3) is 11.3 Å². The molecule has 0 saturated heterocycles.